The molecule has 4 heteroatoms. The van der Waals surface area contributed by atoms with E-state index in [1.165, 1.54) is 0 Å². The lowest BCUT2D eigenvalue weighted by atomic mass is 10.1. The average Bonchev–Trinajstić information content (AvgIpc) is 2.51. The molecule has 1 atom stereocenters. The maximum Gasteiger partial charge on any atom is 0.183 e. The Labute approximate surface area is 77.5 Å². The minimum Gasteiger partial charge on any atom is -0.381 e. The van der Waals surface area contributed by atoms with Crippen LogP contribution >= 0.6 is 0 Å². The van der Waals surface area contributed by atoms with Gasteiger partial charge in [-0.25, -0.2) is 0 Å². The molecule has 1 heterocycles. The quantitative estimate of drug-likeness (QED) is 0.653. The van der Waals surface area contributed by atoms with Gasteiger partial charge in [-0.15, -0.1) is 0 Å². The van der Waals surface area contributed by atoms with Crippen LogP contribution in [0.2, 0.25) is 0 Å². The molecule has 0 aromatic carbocycles. The lowest BCUT2D eigenvalue weighted by molar-refractivity contribution is 0.0784. The lowest BCUT2D eigenvalue weighted by Crippen LogP contribution is -2.15. The van der Waals surface area contributed by atoms with Crippen LogP contribution in [0.15, 0.2) is 12.3 Å². The van der Waals surface area contributed by atoms with Crippen LogP contribution in [-0.2, 0) is 11.8 Å². The highest BCUT2D eigenvalue weighted by molar-refractivity contribution is 5.94. The van der Waals surface area contributed by atoms with E-state index in [4.69, 9.17) is 4.74 Å². The van der Waals surface area contributed by atoms with Crippen LogP contribution in [0, 0.1) is 0 Å². The van der Waals surface area contributed by atoms with E-state index in [0.29, 0.717) is 12.1 Å². The highest BCUT2D eigenvalue weighted by Crippen LogP contribution is 2.05. The summed E-state index contributed by atoms with van der Waals surface area (Å²) in [6.07, 6.45) is 1.98. The molecule has 0 spiro atoms. The fourth-order valence-corrected chi connectivity index (χ4v) is 1.10. The minimum absolute atomic E-state index is 0.0394. The molecule has 1 unspecified atom stereocenters. The van der Waals surface area contributed by atoms with Crippen molar-refractivity contribution in [3.63, 3.8) is 0 Å². The monoisotopic (exact) mass is 182 g/mol. The number of ether oxygens (including phenoxy) is 1. The Morgan fingerprint density at radius 3 is 2.92 bits per heavy atom. The first-order valence-corrected chi connectivity index (χ1v) is 4.19. The second kappa shape index (κ2) is 4.18. The summed E-state index contributed by atoms with van der Waals surface area (Å²) in [6, 6.07) is 1.71. The maximum atomic E-state index is 11.6. The molecule has 4 nitrogen and oxygen atoms in total. The van der Waals surface area contributed by atoms with Crippen LogP contribution in [0.3, 0.4) is 0 Å². The Morgan fingerprint density at radius 1 is 1.77 bits per heavy atom. The number of hydrogen-bond donors (Lipinski definition) is 0. The van der Waals surface area contributed by atoms with Gasteiger partial charge in [-0.2, -0.15) is 5.10 Å². The third-order valence-electron chi connectivity index (χ3n) is 1.98. The van der Waals surface area contributed by atoms with E-state index in [1.54, 1.807) is 31.1 Å². The SMILES string of the molecule is COC(C)CC(=O)c1ccnn1C. The van der Waals surface area contributed by atoms with Crippen LogP contribution in [-0.4, -0.2) is 28.8 Å². The molecule has 1 aromatic heterocycles. The highest BCUT2D eigenvalue weighted by atomic mass is 16.5. The molecule has 1 aromatic rings. The van der Waals surface area contributed by atoms with Crippen molar-refractivity contribution in [1.29, 1.82) is 0 Å². The van der Waals surface area contributed by atoms with Crippen molar-refractivity contribution in [1.82, 2.24) is 9.78 Å². The summed E-state index contributed by atoms with van der Waals surface area (Å²) in [6.45, 7) is 1.87. The molecule has 0 N–H and O–H groups in total. The van der Waals surface area contributed by atoms with Crippen molar-refractivity contribution >= 4 is 5.78 Å². The number of aryl methyl sites for hydroxylation is 1. The standard InChI is InChI=1S/C9H14N2O2/c1-7(13-3)6-9(12)8-4-5-10-11(8)2/h4-5,7H,6H2,1-3H3. The molecule has 0 aliphatic heterocycles. The zero-order chi connectivity index (χ0) is 9.84. The molecular weight excluding hydrogens is 168 g/mol. The van der Waals surface area contributed by atoms with Crippen molar-refractivity contribution in [2.45, 2.75) is 19.4 Å². The molecule has 0 aliphatic rings. The van der Waals surface area contributed by atoms with Gasteiger partial charge in [-0.1, -0.05) is 0 Å². The number of rotatable bonds is 4. The normalized spacial score (nSPS) is 12.8. The number of carbonyl (C=O) groups is 1. The van der Waals surface area contributed by atoms with Gasteiger partial charge >= 0.3 is 0 Å². The zero-order valence-electron chi connectivity index (χ0n) is 8.15. The van der Waals surface area contributed by atoms with E-state index in [2.05, 4.69) is 5.10 Å². The van der Waals surface area contributed by atoms with Gasteiger partial charge in [-0.05, 0) is 13.0 Å². The van der Waals surface area contributed by atoms with Gasteiger partial charge in [0, 0.05) is 26.8 Å². The van der Waals surface area contributed by atoms with Gasteiger partial charge in [0.2, 0.25) is 0 Å². The largest absolute Gasteiger partial charge is 0.381 e. The smallest absolute Gasteiger partial charge is 0.183 e. The number of methoxy groups -OCH3 is 1. The Balaban J connectivity index is 2.64. The molecular formula is C9H14N2O2. The summed E-state index contributed by atoms with van der Waals surface area (Å²) in [7, 11) is 3.35. The van der Waals surface area contributed by atoms with Crippen LogP contribution in [0.5, 0.6) is 0 Å². The van der Waals surface area contributed by atoms with Crippen LogP contribution < -0.4 is 0 Å². The van der Waals surface area contributed by atoms with Crippen molar-refractivity contribution in [3.05, 3.63) is 18.0 Å². The van der Waals surface area contributed by atoms with E-state index in [9.17, 15) is 4.79 Å². The Morgan fingerprint density at radius 2 is 2.46 bits per heavy atom. The zero-order valence-corrected chi connectivity index (χ0v) is 8.15. The van der Waals surface area contributed by atoms with Crippen molar-refractivity contribution < 1.29 is 9.53 Å². The predicted molar refractivity (Wildman–Crippen MR) is 48.6 cm³/mol. The van der Waals surface area contributed by atoms with E-state index in [0.717, 1.165) is 0 Å². The molecule has 0 bridgehead atoms. The summed E-state index contributed by atoms with van der Waals surface area (Å²) in [5, 5.41) is 3.93. The average molecular weight is 182 g/mol. The number of ketones is 1. The highest BCUT2D eigenvalue weighted by Gasteiger charge is 2.13. The van der Waals surface area contributed by atoms with E-state index >= 15 is 0 Å². The Bertz CT molecular complexity index is 294. The number of aromatic nitrogens is 2. The van der Waals surface area contributed by atoms with Gasteiger partial charge in [-0.3, -0.25) is 9.48 Å². The number of nitrogens with zero attached hydrogens (tertiary/aromatic N) is 2. The number of hydrogen-bond acceptors (Lipinski definition) is 3. The van der Waals surface area contributed by atoms with Gasteiger partial charge in [0.05, 0.1) is 6.10 Å². The molecule has 72 valence electrons. The van der Waals surface area contributed by atoms with Gasteiger partial charge in [0.25, 0.3) is 0 Å². The summed E-state index contributed by atoms with van der Waals surface area (Å²) >= 11 is 0. The molecule has 13 heavy (non-hydrogen) atoms. The number of Topliss-reactive ketones (excluding diaryl/α,β-unsaturated/α-hetero) is 1. The first-order chi connectivity index (χ1) is 6.15. The molecule has 0 amide bonds. The third kappa shape index (κ3) is 2.39. The first kappa shape index (κ1) is 9.92. The fraction of sp³-hybridized carbons (Fsp3) is 0.556. The first-order valence-electron chi connectivity index (χ1n) is 4.19. The van der Waals surface area contributed by atoms with Crippen LogP contribution in [0.1, 0.15) is 23.8 Å². The van der Waals surface area contributed by atoms with E-state index < -0.39 is 0 Å². The summed E-state index contributed by atoms with van der Waals surface area (Å²) < 4.78 is 6.58. The summed E-state index contributed by atoms with van der Waals surface area (Å²) in [5.41, 5.74) is 0.629. The third-order valence-corrected chi connectivity index (χ3v) is 1.98. The molecule has 0 aliphatic carbocycles. The topological polar surface area (TPSA) is 44.1 Å². The van der Waals surface area contributed by atoms with Crippen LogP contribution in [0.4, 0.5) is 0 Å². The van der Waals surface area contributed by atoms with E-state index in [1.807, 2.05) is 6.92 Å². The summed E-state index contributed by atoms with van der Waals surface area (Å²) in [5.74, 6) is 0.0642. The Hall–Kier alpha value is -1.16. The molecule has 0 radical (unpaired) electrons. The fourth-order valence-electron chi connectivity index (χ4n) is 1.10. The Kier molecular flexibility index (Phi) is 3.19. The minimum atomic E-state index is -0.0394. The van der Waals surface area contributed by atoms with Crippen molar-refractivity contribution in [2.75, 3.05) is 7.11 Å². The van der Waals surface area contributed by atoms with Gasteiger partial charge < -0.3 is 4.74 Å². The predicted octanol–water partition coefficient (Wildman–Crippen LogP) is 1.03. The second-order valence-electron chi connectivity index (χ2n) is 3.01. The van der Waals surface area contributed by atoms with Gasteiger partial charge in [0.15, 0.2) is 5.78 Å². The van der Waals surface area contributed by atoms with Gasteiger partial charge in [0.1, 0.15) is 5.69 Å². The second-order valence-corrected chi connectivity index (χ2v) is 3.01. The maximum absolute atomic E-state index is 11.6. The molecule has 0 fully saturated rings. The van der Waals surface area contributed by atoms with Crippen LogP contribution in [0.25, 0.3) is 0 Å². The van der Waals surface area contributed by atoms with Crippen molar-refractivity contribution in [2.24, 2.45) is 7.05 Å². The van der Waals surface area contributed by atoms with Crippen molar-refractivity contribution in [3.8, 4) is 0 Å². The lowest BCUT2D eigenvalue weighted by Gasteiger charge is -2.07. The molecule has 0 saturated heterocycles. The van der Waals surface area contributed by atoms with E-state index in [-0.39, 0.29) is 11.9 Å². The number of carbonyl (C=O) groups excluding carboxylic acids is 1. The summed E-state index contributed by atoms with van der Waals surface area (Å²) in [4.78, 5) is 11.6. The molecule has 1 rings (SSSR count). The molecule has 0 saturated carbocycles.